The molecule has 0 spiro atoms. The molecule has 118 valence electrons. The molecule has 0 atom stereocenters. The molecule has 1 heterocycles. The molecule has 2 aromatic rings. The number of thiazole rings is 1. The number of hydrogen-bond acceptors (Lipinski definition) is 7. The van der Waals surface area contributed by atoms with Crippen molar-refractivity contribution in [3.63, 3.8) is 0 Å². The topological polar surface area (TPSA) is 119 Å². The number of nitrogens with zero attached hydrogens (tertiary/aromatic N) is 3. The lowest BCUT2D eigenvalue weighted by atomic mass is 10.2. The van der Waals surface area contributed by atoms with Gasteiger partial charge in [0.2, 0.25) is 10.0 Å². The summed E-state index contributed by atoms with van der Waals surface area (Å²) in [5.41, 5.74) is 0.0297. The summed E-state index contributed by atoms with van der Waals surface area (Å²) >= 11 is 1.51. The van der Waals surface area contributed by atoms with Crippen molar-refractivity contribution in [1.82, 2.24) is 4.98 Å². The molecule has 0 amide bonds. The summed E-state index contributed by atoms with van der Waals surface area (Å²) in [5, 5.41) is 19.0. The molecule has 2 N–H and O–H groups in total. The molecule has 0 unspecified atom stereocenters. The van der Waals surface area contributed by atoms with E-state index < -0.39 is 14.9 Å². The van der Waals surface area contributed by atoms with E-state index in [0.29, 0.717) is 18.7 Å². The van der Waals surface area contributed by atoms with E-state index in [4.69, 9.17) is 5.14 Å². The Labute approximate surface area is 131 Å². The summed E-state index contributed by atoms with van der Waals surface area (Å²) in [6, 6.07) is 3.63. The fraction of sp³-hybridized carbons (Fsp3) is 0.250. The first-order chi connectivity index (χ1) is 10.3. The van der Waals surface area contributed by atoms with Crippen LogP contribution in [-0.2, 0) is 16.4 Å². The van der Waals surface area contributed by atoms with Gasteiger partial charge in [0.25, 0.3) is 5.69 Å². The van der Waals surface area contributed by atoms with Crippen LogP contribution < -0.4 is 10.0 Å². The molecule has 0 aliphatic heterocycles. The Kier molecular flexibility index (Phi) is 4.74. The van der Waals surface area contributed by atoms with Crippen LogP contribution >= 0.6 is 11.3 Å². The maximum atomic E-state index is 11.3. The highest BCUT2D eigenvalue weighted by Crippen LogP contribution is 2.29. The molecule has 0 saturated heterocycles. The predicted molar refractivity (Wildman–Crippen MR) is 83.6 cm³/mol. The molecule has 0 bridgehead atoms. The summed E-state index contributed by atoms with van der Waals surface area (Å²) in [6.07, 6.45) is 2.34. The fourth-order valence-electron chi connectivity index (χ4n) is 1.91. The van der Waals surface area contributed by atoms with Gasteiger partial charge in [-0.3, -0.25) is 10.1 Å². The fourth-order valence-corrected chi connectivity index (χ4v) is 3.05. The molecule has 0 aliphatic rings. The number of nitro benzene ring substituents is 1. The first-order valence-corrected chi connectivity index (χ1v) is 8.62. The van der Waals surface area contributed by atoms with Crippen molar-refractivity contribution in [2.75, 3.05) is 18.5 Å². The van der Waals surface area contributed by atoms with E-state index >= 15 is 0 Å². The summed E-state index contributed by atoms with van der Waals surface area (Å²) in [5.74, 6) is 0. The summed E-state index contributed by atoms with van der Waals surface area (Å²) < 4.78 is 22.6. The van der Waals surface area contributed by atoms with Crippen molar-refractivity contribution < 1.29 is 13.3 Å². The van der Waals surface area contributed by atoms with Gasteiger partial charge in [0.1, 0.15) is 5.69 Å². The number of rotatable bonds is 6. The number of primary sulfonamides is 1. The molecular formula is C12H14N4O4S2. The van der Waals surface area contributed by atoms with Crippen LogP contribution in [0.2, 0.25) is 0 Å². The van der Waals surface area contributed by atoms with Gasteiger partial charge in [-0.15, -0.1) is 11.3 Å². The normalized spacial score (nSPS) is 11.4. The lowest BCUT2D eigenvalue weighted by Crippen LogP contribution is -2.22. The molecule has 0 radical (unpaired) electrons. The minimum absolute atomic E-state index is 0.281. The van der Waals surface area contributed by atoms with Crippen molar-refractivity contribution in [3.8, 4) is 0 Å². The number of nitro groups is 1. The van der Waals surface area contributed by atoms with E-state index in [0.717, 1.165) is 11.1 Å². The van der Waals surface area contributed by atoms with Gasteiger partial charge >= 0.3 is 0 Å². The second-order valence-electron chi connectivity index (χ2n) is 4.55. The molecule has 22 heavy (non-hydrogen) atoms. The second kappa shape index (κ2) is 6.38. The van der Waals surface area contributed by atoms with Crippen LogP contribution in [0.4, 0.5) is 11.4 Å². The Morgan fingerprint density at radius 3 is 2.73 bits per heavy atom. The molecule has 1 aromatic carbocycles. The zero-order chi connectivity index (χ0) is 16.3. The number of sulfonamides is 1. The average Bonchev–Trinajstić information content (AvgIpc) is 2.96. The van der Waals surface area contributed by atoms with Gasteiger partial charge in [-0.2, -0.15) is 0 Å². The standard InChI is InChI=1S/C12H14N4O4S2/c1-15(6-4-12-14-5-7-21-12)10-3-2-9(22(13,19)20)8-11(10)16(17)18/h2-3,5,7-8H,4,6H2,1H3,(H2,13,19,20). The molecule has 2 rings (SSSR count). The Morgan fingerprint density at radius 2 is 2.18 bits per heavy atom. The van der Waals surface area contributed by atoms with E-state index in [1.54, 1.807) is 18.1 Å². The van der Waals surface area contributed by atoms with Crippen LogP contribution in [0.15, 0.2) is 34.7 Å². The predicted octanol–water partition coefficient (Wildman–Crippen LogP) is 1.38. The quantitative estimate of drug-likeness (QED) is 0.625. The van der Waals surface area contributed by atoms with Gasteiger partial charge in [0.05, 0.1) is 14.8 Å². The van der Waals surface area contributed by atoms with Crippen molar-refractivity contribution in [3.05, 3.63) is 44.9 Å². The molecule has 8 nitrogen and oxygen atoms in total. The zero-order valence-electron chi connectivity index (χ0n) is 11.7. The summed E-state index contributed by atoms with van der Waals surface area (Å²) in [6.45, 7) is 0.517. The first kappa shape index (κ1) is 16.3. The third kappa shape index (κ3) is 3.78. The lowest BCUT2D eigenvalue weighted by Gasteiger charge is -2.18. The Bertz CT molecular complexity index is 774. The second-order valence-corrected chi connectivity index (χ2v) is 7.09. The third-order valence-electron chi connectivity index (χ3n) is 3.03. The smallest absolute Gasteiger partial charge is 0.293 e. The molecule has 0 fully saturated rings. The average molecular weight is 342 g/mol. The van der Waals surface area contributed by atoms with Crippen LogP contribution in [0.3, 0.4) is 0 Å². The number of aromatic nitrogens is 1. The number of likely N-dealkylation sites (N-methyl/N-ethyl adjacent to an activating group) is 1. The van der Waals surface area contributed by atoms with Crippen LogP contribution in [0.25, 0.3) is 0 Å². The molecule has 10 heteroatoms. The minimum atomic E-state index is -3.98. The van der Waals surface area contributed by atoms with E-state index in [9.17, 15) is 18.5 Å². The van der Waals surface area contributed by atoms with E-state index in [-0.39, 0.29) is 10.6 Å². The SMILES string of the molecule is CN(CCc1nccs1)c1ccc(S(N)(=O)=O)cc1[N+](=O)[O-]. The van der Waals surface area contributed by atoms with Crippen molar-refractivity contribution in [2.24, 2.45) is 5.14 Å². The Hall–Kier alpha value is -2.04. The zero-order valence-corrected chi connectivity index (χ0v) is 13.3. The first-order valence-electron chi connectivity index (χ1n) is 6.20. The van der Waals surface area contributed by atoms with Crippen LogP contribution in [0.5, 0.6) is 0 Å². The van der Waals surface area contributed by atoms with Gasteiger partial charge in [-0.1, -0.05) is 0 Å². The van der Waals surface area contributed by atoms with Gasteiger partial charge in [-0.05, 0) is 12.1 Å². The highest BCUT2D eigenvalue weighted by molar-refractivity contribution is 7.89. The van der Waals surface area contributed by atoms with E-state index in [1.165, 1.54) is 23.5 Å². The number of hydrogen-bond donors (Lipinski definition) is 1. The maximum Gasteiger partial charge on any atom is 0.293 e. The molecule has 0 aliphatic carbocycles. The van der Waals surface area contributed by atoms with Crippen LogP contribution in [0, 0.1) is 10.1 Å². The van der Waals surface area contributed by atoms with E-state index in [2.05, 4.69) is 4.98 Å². The highest BCUT2D eigenvalue weighted by Gasteiger charge is 2.21. The Morgan fingerprint density at radius 1 is 1.45 bits per heavy atom. The molecule has 1 aromatic heterocycles. The monoisotopic (exact) mass is 342 g/mol. The largest absolute Gasteiger partial charge is 0.369 e. The van der Waals surface area contributed by atoms with Crippen LogP contribution in [0.1, 0.15) is 5.01 Å². The Balaban J connectivity index is 2.27. The molecule has 0 saturated carbocycles. The maximum absolute atomic E-state index is 11.3. The van der Waals surface area contributed by atoms with Crippen molar-refractivity contribution in [1.29, 1.82) is 0 Å². The lowest BCUT2D eigenvalue weighted by molar-refractivity contribution is -0.384. The van der Waals surface area contributed by atoms with E-state index in [1.807, 2.05) is 5.38 Å². The van der Waals surface area contributed by atoms with Gasteiger partial charge < -0.3 is 4.90 Å². The number of nitrogens with two attached hydrogens (primary N) is 1. The number of anilines is 1. The third-order valence-corrected chi connectivity index (χ3v) is 4.78. The van der Waals surface area contributed by atoms with Crippen molar-refractivity contribution in [2.45, 2.75) is 11.3 Å². The van der Waals surface area contributed by atoms with Gasteiger partial charge in [0.15, 0.2) is 0 Å². The van der Waals surface area contributed by atoms with Gasteiger partial charge in [-0.25, -0.2) is 18.5 Å². The van der Waals surface area contributed by atoms with Crippen molar-refractivity contribution >= 4 is 32.7 Å². The minimum Gasteiger partial charge on any atom is -0.369 e. The summed E-state index contributed by atoms with van der Waals surface area (Å²) in [4.78, 5) is 16.1. The molecular weight excluding hydrogens is 328 g/mol. The van der Waals surface area contributed by atoms with Gasteiger partial charge in [0, 0.05) is 37.7 Å². The van der Waals surface area contributed by atoms with Crippen LogP contribution in [-0.4, -0.2) is 31.9 Å². The highest BCUT2D eigenvalue weighted by atomic mass is 32.2. The summed E-state index contributed by atoms with van der Waals surface area (Å²) in [7, 11) is -2.28. The number of benzene rings is 1.